The van der Waals surface area contributed by atoms with Crippen LogP contribution in [0.3, 0.4) is 0 Å². The zero-order valence-corrected chi connectivity index (χ0v) is 13.6. The normalized spacial score (nSPS) is 13.0. The first-order valence-corrected chi connectivity index (χ1v) is 7.95. The monoisotopic (exact) mass is 328 g/mol. The van der Waals surface area contributed by atoms with Crippen LogP contribution < -0.4 is 10.7 Å². The fourth-order valence-corrected chi connectivity index (χ4v) is 2.91. The Morgan fingerprint density at radius 2 is 2.13 bits per heavy atom. The van der Waals surface area contributed by atoms with Crippen LogP contribution in [0.5, 0.6) is 0 Å². The van der Waals surface area contributed by atoms with Gasteiger partial charge < -0.3 is 9.73 Å². The number of thiazole rings is 1. The number of carbonyl (C=O) groups is 1. The van der Waals surface area contributed by atoms with Crippen molar-refractivity contribution < 1.29 is 9.21 Å². The van der Waals surface area contributed by atoms with Gasteiger partial charge in [0.05, 0.1) is 16.5 Å². The second kappa shape index (κ2) is 6.62. The third-order valence-electron chi connectivity index (χ3n) is 3.24. The lowest BCUT2D eigenvalue weighted by molar-refractivity contribution is -0.121. The number of hydrazone groups is 1. The number of amides is 1. The summed E-state index contributed by atoms with van der Waals surface area (Å²) in [6, 6.07) is 10.9. The van der Waals surface area contributed by atoms with Crippen molar-refractivity contribution in [1.29, 1.82) is 0 Å². The molecule has 2 aromatic heterocycles. The van der Waals surface area contributed by atoms with Crippen LogP contribution in [-0.4, -0.2) is 22.6 Å². The summed E-state index contributed by atoms with van der Waals surface area (Å²) in [6.07, 6.45) is 1.56. The number of carbonyl (C=O) groups excluding carboxylic acids is 1. The van der Waals surface area contributed by atoms with E-state index in [4.69, 9.17) is 4.42 Å². The van der Waals surface area contributed by atoms with Crippen molar-refractivity contribution in [3.05, 3.63) is 48.4 Å². The molecule has 0 fully saturated rings. The highest BCUT2D eigenvalue weighted by molar-refractivity contribution is 7.22. The van der Waals surface area contributed by atoms with Crippen LogP contribution >= 0.6 is 11.3 Å². The van der Waals surface area contributed by atoms with Gasteiger partial charge in [0, 0.05) is 0 Å². The van der Waals surface area contributed by atoms with E-state index in [-0.39, 0.29) is 5.91 Å². The predicted molar refractivity (Wildman–Crippen MR) is 91.8 cm³/mol. The van der Waals surface area contributed by atoms with Crippen molar-refractivity contribution in [2.75, 3.05) is 5.32 Å². The molecule has 0 unspecified atom stereocenters. The van der Waals surface area contributed by atoms with Crippen LogP contribution in [0.25, 0.3) is 10.2 Å². The van der Waals surface area contributed by atoms with Crippen molar-refractivity contribution in [3.63, 3.8) is 0 Å². The number of anilines is 1. The van der Waals surface area contributed by atoms with E-state index in [2.05, 4.69) is 20.8 Å². The zero-order chi connectivity index (χ0) is 16.2. The smallest absolute Gasteiger partial charge is 0.262 e. The van der Waals surface area contributed by atoms with Gasteiger partial charge in [0.1, 0.15) is 17.5 Å². The standard InChI is InChI=1S/C16H16N4O2S/c1-10(13-7-5-9-22-13)19-20-15(21)11(2)17-16-18-12-6-3-4-8-14(12)23-16/h3-9,11H,1-2H3,(H,17,18)(H,20,21)/b19-10-/t11-/m1/s1. The Hall–Kier alpha value is -2.67. The summed E-state index contributed by atoms with van der Waals surface area (Å²) in [5, 5.41) is 7.84. The molecular weight excluding hydrogens is 312 g/mol. The molecule has 3 aromatic rings. The van der Waals surface area contributed by atoms with Crippen molar-refractivity contribution in [3.8, 4) is 0 Å². The second-order valence-corrected chi connectivity index (χ2v) is 6.03. The number of aromatic nitrogens is 1. The topological polar surface area (TPSA) is 79.5 Å². The fraction of sp³-hybridized carbons (Fsp3) is 0.188. The number of benzene rings is 1. The van der Waals surface area contributed by atoms with Crippen LogP contribution in [0.2, 0.25) is 0 Å². The molecule has 0 spiro atoms. The van der Waals surface area contributed by atoms with Crippen LogP contribution in [-0.2, 0) is 4.79 Å². The number of nitrogens with zero attached hydrogens (tertiary/aromatic N) is 2. The van der Waals surface area contributed by atoms with E-state index in [0.717, 1.165) is 10.2 Å². The first kappa shape index (κ1) is 15.2. The number of hydrogen-bond donors (Lipinski definition) is 2. The summed E-state index contributed by atoms with van der Waals surface area (Å²) >= 11 is 1.51. The van der Waals surface area contributed by atoms with Gasteiger partial charge in [-0.1, -0.05) is 23.5 Å². The van der Waals surface area contributed by atoms with Gasteiger partial charge in [0.15, 0.2) is 5.13 Å². The van der Waals surface area contributed by atoms with Crippen LogP contribution in [0.1, 0.15) is 19.6 Å². The largest absolute Gasteiger partial charge is 0.463 e. The first-order valence-electron chi connectivity index (χ1n) is 7.13. The summed E-state index contributed by atoms with van der Waals surface area (Å²) in [4.78, 5) is 16.5. The molecule has 0 aliphatic carbocycles. The molecule has 0 saturated carbocycles. The molecule has 0 bridgehead atoms. The summed E-state index contributed by atoms with van der Waals surface area (Å²) in [6.45, 7) is 3.53. The Morgan fingerprint density at radius 3 is 2.87 bits per heavy atom. The minimum absolute atomic E-state index is 0.241. The Kier molecular flexibility index (Phi) is 4.38. The lowest BCUT2D eigenvalue weighted by atomic mass is 10.3. The summed E-state index contributed by atoms with van der Waals surface area (Å²) in [7, 11) is 0. The number of rotatable bonds is 5. The second-order valence-electron chi connectivity index (χ2n) is 5.00. The van der Waals surface area contributed by atoms with E-state index in [1.54, 1.807) is 32.2 Å². The Labute approximate surface area is 137 Å². The Morgan fingerprint density at radius 1 is 1.30 bits per heavy atom. The number of furan rings is 1. The minimum Gasteiger partial charge on any atom is -0.463 e. The van der Waals surface area contributed by atoms with Gasteiger partial charge >= 0.3 is 0 Å². The maximum Gasteiger partial charge on any atom is 0.262 e. The highest BCUT2D eigenvalue weighted by atomic mass is 32.1. The molecule has 2 N–H and O–H groups in total. The zero-order valence-electron chi connectivity index (χ0n) is 12.7. The average Bonchev–Trinajstić information content (AvgIpc) is 3.20. The summed E-state index contributed by atoms with van der Waals surface area (Å²) in [5.41, 5.74) is 4.05. The molecule has 2 heterocycles. The third kappa shape index (κ3) is 3.57. The van der Waals surface area contributed by atoms with Crippen molar-refractivity contribution >= 4 is 38.3 Å². The molecule has 3 rings (SSSR count). The number of para-hydroxylation sites is 1. The number of nitrogens with one attached hydrogen (secondary N) is 2. The molecule has 0 aliphatic rings. The lowest BCUT2D eigenvalue weighted by Crippen LogP contribution is -2.35. The van der Waals surface area contributed by atoms with Gasteiger partial charge in [0.2, 0.25) is 0 Å². The lowest BCUT2D eigenvalue weighted by Gasteiger charge is -2.10. The predicted octanol–water partition coefficient (Wildman–Crippen LogP) is 3.23. The third-order valence-corrected chi connectivity index (χ3v) is 4.21. The SMILES string of the molecule is C/C(=N/NC(=O)[C@@H](C)Nc1nc2ccccc2s1)c1ccco1. The van der Waals surface area contributed by atoms with Crippen molar-refractivity contribution in [2.45, 2.75) is 19.9 Å². The van der Waals surface area contributed by atoms with E-state index in [1.807, 2.05) is 24.3 Å². The van der Waals surface area contributed by atoms with Crippen molar-refractivity contribution in [1.82, 2.24) is 10.4 Å². The highest BCUT2D eigenvalue weighted by Crippen LogP contribution is 2.25. The summed E-state index contributed by atoms with van der Waals surface area (Å²) in [5.74, 6) is 0.382. The van der Waals surface area contributed by atoms with Crippen LogP contribution in [0.15, 0.2) is 52.2 Å². The molecule has 118 valence electrons. The molecule has 0 radical (unpaired) electrons. The quantitative estimate of drug-likeness (QED) is 0.557. The molecule has 0 saturated heterocycles. The maximum absolute atomic E-state index is 12.1. The fourth-order valence-electron chi connectivity index (χ4n) is 1.96. The highest BCUT2D eigenvalue weighted by Gasteiger charge is 2.14. The summed E-state index contributed by atoms with van der Waals surface area (Å²) < 4.78 is 6.29. The maximum atomic E-state index is 12.1. The number of fused-ring (bicyclic) bond motifs is 1. The first-order chi connectivity index (χ1) is 11.1. The molecule has 23 heavy (non-hydrogen) atoms. The van der Waals surface area contributed by atoms with Crippen LogP contribution in [0.4, 0.5) is 5.13 Å². The van der Waals surface area contributed by atoms with E-state index >= 15 is 0 Å². The van der Waals surface area contributed by atoms with E-state index in [0.29, 0.717) is 16.6 Å². The van der Waals surface area contributed by atoms with E-state index in [9.17, 15) is 4.79 Å². The van der Waals surface area contributed by atoms with Gasteiger partial charge in [-0.25, -0.2) is 10.4 Å². The van der Waals surface area contributed by atoms with E-state index in [1.165, 1.54) is 11.3 Å². The van der Waals surface area contributed by atoms with Gasteiger partial charge in [-0.2, -0.15) is 5.10 Å². The Balaban J connectivity index is 1.62. The average molecular weight is 328 g/mol. The molecule has 7 heteroatoms. The Bertz CT molecular complexity index is 806. The molecular formula is C16H16N4O2S. The molecule has 1 aromatic carbocycles. The van der Waals surface area contributed by atoms with Gasteiger partial charge in [0.25, 0.3) is 5.91 Å². The molecule has 0 aliphatic heterocycles. The van der Waals surface area contributed by atoms with Gasteiger partial charge in [-0.05, 0) is 38.1 Å². The van der Waals surface area contributed by atoms with Gasteiger partial charge in [-0.3, -0.25) is 4.79 Å². The number of hydrogen-bond acceptors (Lipinski definition) is 6. The van der Waals surface area contributed by atoms with Crippen molar-refractivity contribution in [2.24, 2.45) is 5.10 Å². The molecule has 1 amide bonds. The minimum atomic E-state index is -0.455. The van der Waals surface area contributed by atoms with E-state index < -0.39 is 6.04 Å². The van der Waals surface area contributed by atoms with Crippen LogP contribution in [0, 0.1) is 0 Å². The molecule has 1 atom stereocenters. The molecule has 6 nitrogen and oxygen atoms in total. The van der Waals surface area contributed by atoms with Gasteiger partial charge in [-0.15, -0.1) is 0 Å².